The third kappa shape index (κ3) is 2.05. The minimum atomic E-state index is 0.138. The first-order valence-electron chi connectivity index (χ1n) is 8.02. The SMILES string of the molecule is CN(c1cc(N)c2ncn(C)c2n1)C1CCOC2(CCC2)C1. The van der Waals surface area contributed by atoms with Gasteiger partial charge in [-0.2, -0.15) is 0 Å². The standard InChI is InChI=1S/C16H23N5O/c1-20-10-18-14-12(17)8-13(19-15(14)20)21(2)11-4-7-22-16(9-11)5-3-6-16/h8,10-11H,3-7,9H2,1-2H3,(H2,17,19). The van der Waals surface area contributed by atoms with Crippen LogP contribution in [0.5, 0.6) is 0 Å². The number of rotatable bonds is 2. The van der Waals surface area contributed by atoms with Gasteiger partial charge in [-0.1, -0.05) is 0 Å². The molecule has 6 nitrogen and oxygen atoms in total. The molecule has 0 radical (unpaired) electrons. The van der Waals surface area contributed by atoms with Crippen molar-refractivity contribution in [2.24, 2.45) is 7.05 Å². The van der Waals surface area contributed by atoms with E-state index >= 15 is 0 Å². The maximum atomic E-state index is 6.16. The van der Waals surface area contributed by atoms with Crippen molar-refractivity contribution in [2.75, 3.05) is 24.3 Å². The molecule has 4 rings (SSSR count). The van der Waals surface area contributed by atoms with E-state index in [2.05, 4.69) is 16.9 Å². The second-order valence-electron chi connectivity index (χ2n) is 6.74. The highest BCUT2D eigenvalue weighted by Crippen LogP contribution is 2.43. The van der Waals surface area contributed by atoms with Gasteiger partial charge in [0.05, 0.1) is 17.6 Å². The molecule has 0 amide bonds. The summed E-state index contributed by atoms with van der Waals surface area (Å²) >= 11 is 0. The van der Waals surface area contributed by atoms with E-state index in [1.165, 1.54) is 19.3 Å². The monoisotopic (exact) mass is 301 g/mol. The Hall–Kier alpha value is -1.82. The lowest BCUT2D eigenvalue weighted by Gasteiger charge is -2.49. The zero-order valence-corrected chi connectivity index (χ0v) is 13.2. The Morgan fingerprint density at radius 3 is 3.00 bits per heavy atom. The maximum absolute atomic E-state index is 6.16. The zero-order chi connectivity index (χ0) is 15.3. The number of fused-ring (bicyclic) bond motifs is 1. The predicted octanol–water partition coefficient (Wildman–Crippen LogP) is 2.09. The number of anilines is 2. The number of nitrogens with two attached hydrogens (primary N) is 1. The van der Waals surface area contributed by atoms with Gasteiger partial charge in [-0.15, -0.1) is 0 Å². The maximum Gasteiger partial charge on any atom is 0.164 e. The molecule has 22 heavy (non-hydrogen) atoms. The van der Waals surface area contributed by atoms with Crippen molar-refractivity contribution >= 4 is 22.7 Å². The molecule has 1 spiro atoms. The van der Waals surface area contributed by atoms with Crippen molar-refractivity contribution < 1.29 is 4.74 Å². The predicted molar refractivity (Wildman–Crippen MR) is 86.9 cm³/mol. The average molecular weight is 301 g/mol. The number of ether oxygens (including phenoxy) is 1. The largest absolute Gasteiger partial charge is 0.397 e. The highest BCUT2D eigenvalue weighted by molar-refractivity contribution is 5.86. The van der Waals surface area contributed by atoms with Gasteiger partial charge >= 0.3 is 0 Å². The molecule has 2 aromatic rings. The summed E-state index contributed by atoms with van der Waals surface area (Å²) in [4.78, 5) is 11.4. The molecule has 2 fully saturated rings. The fourth-order valence-electron chi connectivity index (χ4n) is 3.73. The van der Waals surface area contributed by atoms with Crippen molar-refractivity contribution in [3.05, 3.63) is 12.4 Å². The average Bonchev–Trinajstić information content (AvgIpc) is 2.87. The van der Waals surface area contributed by atoms with Crippen LogP contribution in [-0.2, 0) is 11.8 Å². The van der Waals surface area contributed by atoms with Crippen LogP contribution in [0.3, 0.4) is 0 Å². The van der Waals surface area contributed by atoms with Crippen molar-refractivity contribution in [2.45, 2.75) is 43.7 Å². The van der Waals surface area contributed by atoms with Crippen LogP contribution in [0.25, 0.3) is 11.2 Å². The molecular formula is C16H23N5O. The first-order chi connectivity index (χ1) is 10.6. The van der Waals surface area contributed by atoms with E-state index in [1.54, 1.807) is 6.33 Å². The summed E-state index contributed by atoms with van der Waals surface area (Å²) in [6.07, 6.45) is 7.59. The molecule has 1 atom stereocenters. The highest BCUT2D eigenvalue weighted by atomic mass is 16.5. The first kappa shape index (κ1) is 13.8. The molecule has 1 unspecified atom stereocenters. The van der Waals surface area contributed by atoms with Crippen LogP contribution in [0, 0.1) is 0 Å². The third-order valence-electron chi connectivity index (χ3n) is 5.33. The van der Waals surface area contributed by atoms with E-state index in [9.17, 15) is 0 Å². The quantitative estimate of drug-likeness (QED) is 0.920. The lowest BCUT2D eigenvalue weighted by atomic mass is 9.73. The molecule has 6 heteroatoms. The molecule has 0 bridgehead atoms. The minimum Gasteiger partial charge on any atom is -0.397 e. The van der Waals surface area contributed by atoms with Crippen LogP contribution in [-0.4, -0.2) is 39.8 Å². The van der Waals surface area contributed by atoms with Gasteiger partial charge in [-0.25, -0.2) is 9.97 Å². The molecule has 2 aliphatic rings. The van der Waals surface area contributed by atoms with Crippen LogP contribution >= 0.6 is 0 Å². The number of nitrogen functional groups attached to an aromatic ring is 1. The molecule has 1 saturated carbocycles. The topological polar surface area (TPSA) is 69.2 Å². The van der Waals surface area contributed by atoms with Gasteiger partial charge in [0.25, 0.3) is 0 Å². The van der Waals surface area contributed by atoms with Crippen molar-refractivity contribution in [1.29, 1.82) is 0 Å². The molecule has 1 aliphatic carbocycles. The van der Waals surface area contributed by atoms with Crippen molar-refractivity contribution in [1.82, 2.24) is 14.5 Å². The highest BCUT2D eigenvalue weighted by Gasteiger charge is 2.43. The Balaban J connectivity index is 1.64. The van der Waals surface area contributed by atoms with Gasteiger partial charge in [0.1, 0.15) is 11.3 Å². The lowest BCUT2D eigenvalue weighted by molar-refractivity contribution is -0.132. The van der Waals surface area contributed by atoms with E-state index in [4.69, 9.17) is 15.5 Å². The molecule has 118 valence electrons. The van der Waals surface area contributed by atoms with Crippen LogP contribution in [0.1, 0.15) is 32.1 Å². The number of aromatic nitrogens is 3. The van der Waals surface area contributed by atoms with Crippen LogP contribution in [0.2, 0.25) is 0 Å². The second kappa shape index (κ2) is 4.84. The third-order valence-corrected chi connectivity index (χ3v) is 5.33. The Bertz CT molecular complexity index is 706. The lowest BCUT2D eigenvalue weighted by Crippen LogP contribution is -2.51. The summed E-state index contributed by atoms with van der Waals surface area (Å²) in [6, 6.07) is 2.41. The summed E-state index contributed by atoms with van der Waals surface area (Å²) in [5.74, 6) is 0.926. The molecule has 3 heterocycles. The van der Waals surface area contributed by atoms with E-state index in [0.717, 1.165) is 36.4 Å². The van der Waals surface area contributed by atoms with E-state index in [1.807, 2.05) is 17.7 Å². The van der Waals surface area contributed by atoms with E-state index < -0.39 is 0 Å². The second-order valence-corrected chi connectivity index (χ2v) is 6.74. The van der Waals surface area contributed by atoms with Gasteiger partial charge in [0, 0.05) is 32.8 Å². The van der Waals surface area contributed by atoms with Gasteiger partial charge in [-0.3, -0.25) is 0 Å². The summed E-state index contributed by atoms with van der Waals surface area (Å²) in [7, 11) is 4.07. The normalized spacial score (nSPS) is 23.6. The Kier molecular flexibility index (Phi) is 3.04. The van der Waals surface area contributed by atoms with Gasteiger partial charge in [0.15, 0.2) is 5.65 Å². The minimum absolute atomic E-state index is 0.138. The number of aryl methyl sites for hydroxylation is 1. The summed E-state index contributed by atoms with van der Waals surface area (Å²) in [5.41, 5.74) is 8.61. The summed E-state index contributed by atoms with van der Waals surface area (Å²) in [6.45, 7) is 0.846. The van der Waals surface area contributed by atoms with Crippen LogP contribution < -0.4 is 10.6 Å². The molecule has 0 aromatic carbocycles. The number of pyridine rings is 1. The number of imidazole rings is 1. The Labute approximate surface area is 130 Å². The van der Waals surface area contributed by atoms with E-state index in [-0.39, 0.29) is 5.60 Å². The number of hydrogen-bond donors (Lipinski definition) is 1. The van der Waals surface area contributed by atoms with Gasteiger partial charge in [0.2, 0.25) is 0 Å². The first-order valence-corrected chi connectivity index (χ1v) is 8.02. The molecular weight excluding hydrogens is 278 g/mol. The summed E-state index contributed by atoms with van der Waals surface area (Å²) < 4.78 is 7.95. The van der Waals surface area contributed by atoms with Crippen LogP contribution in [0.15, 0.2) is 12.4 Å². The Morgan fingerprint density at radius 2 is 2.27 bits per heavy atom. The summed E-state index contributed by atoms with van der Waals surface area (Å²) in [5, 5.41) is 0. The van der Waals surface area contributed by atoms with Gasteiger partial charge in [-0.05, 0) is 32.1 Å². The smallest absolute Gasteiger partial charge is 0.164 e. The Morgan fingerprint density at radius 1 is 1.45 bits per heavy atom. The number of nitrogens with zero attached hydrogens (tertiary/aromatic N) is 4. The molecule has 1 saturated heterocycles. The fourth-order valence-corrected chi connectivity index (χ4v) is 3.73. The van der Waals surface area contributed by atoms with E-state index in [0.29, 0.717) is 11.7 Å². The molecule has 2 N–H and O–H groups in total. The van der Waals surface area contributed by atoms with Crippen molar-refractivity contribution in [3.8, 4) is 0 Å². The van der Waals surface area contributed by atoms with Crippen LogP contribution in [0.4, 0.5) is 11.5 Å². The zero-order valence-electron chi connectivity index (χ0n) is 13.2. The number of hydrogen-bond acceptors (Lipinski definition) is 5. The van der Waals surface area contributed by atoms with Crippen molar-refractivity contribution in [3.63, 3.8) is 0 Å². The molecule has 1 aliphatic heterocycles. The fraction of sp³-hybridized carbons (Fsp3) is 0.625. The molecule has 2 aromatic heterocycles. The van der Waals surface area contributed by atoms with Gasteiger partial charge < -0.3 is 19.9 Å².